The van der Waals surface area contributed by atoms with Gasteiger partial charge in [0.05, 0.1) is 0 Å². The zero-order valence-electron chi connectivity index (χ0n) is 5.10. The van der Waals surface area contributed by atoms with E-state index in [4.69, 9.17) is 14.1 Å². The Labute approximate surface area is 142 Å². The Balaban J connectivity index is -0.00000000750. The second-order valence-corrected chi connectivity index (χ2v) is 0.750. The first-order valence-corrected chi connectivity index (χ1v) is 1.84. The minimum Gasteiger partial charge on any atom is -1.00 e. The van der Waals surface area contributed by atoms with E-state index >= 15 is 0 Å². The summed E-state index contributed by atoms with van der Waals surface area (Å²) in [5, 5.41) is 0. The Kier molecular flexibility index (Phi) is 84.0. The van der Waals surface area contributed by atoms with Crippen molar-refractivity contribution in [1.29, 1.82) is 0 Å². The summed E-state index contributed by atoms with van der Waals surface area (Å²) in [6.07, 6.45) is 0. The molecule has 0 fully saturated rings. The Bertz CT molecular complexity index is 40.3. The molecule has 0 unspecified atom stereocenters. The second kappa shape index (κ2) is 22.4. The molecule has 0 spiro atoms. The zero-order valence-corrected chi connectivity index (χ0v) is 14.0. The van der Waals surface area contributed by atoms with Crippen molar-refractivity contribution in [2.24, 2.45) is 0 Å². The van der Waals surface area contributed by atoms with Crippen LogP contribution in [0.2, 0.25) is 0 Å². The third-order valence-electron chi connectivity index (χ3n) is 0. The molecule has 8 heavy (non-hydrogen) atoms. The smallest absolute Gasteiger partial charge is 1.00 e. The first-order valence-electron chi connectivity index (χ1n) is 0.612. The van der Waals surface area contributed by atoms with E-state index in [1.165, 1.54) is 0 Å². The van der Waals surface area contributed by atoms with Crippen molar-refractivity contribution in [2.45, 2.75) is 0 Å². The maximum Gasteiger partial charge on any atom is 1.00 e. The minimum absolute atomic E-state index is 0. The van der Waals surface area contributed by atoms with Crippen molar-refractivity contribution < 1.29 is 137 Å². The van der Waals surface area contributed by atoms with Gasteiger partial charge in [0.1, 0.15) is 0 Å². The van der Waals surface area contributed by atoms with Gasteiger partial charge in [0.15, 0.2) is 0 Å². The van der Waals surface area contributed by atoms with Crippen molar-refractivity contribution in [3.05, 3.63) is 0 Å². The van der Waals surface area contributed by atoms with Gasteiger partial charge in [-0.3, -0.25) is 0 Å². The molecule has 0 amide bonds. The van der Waals surface area contributed by atoms with Crippen LogP contribution >= 0.6 is 0 Å². The first-order chi connectivity index (χ1) is 1.73. The van der Waals surface area contributed by atoms with Crippen LogP contribution in [0.25, 0.3) is 0 Å². The van der Waals surface area contributed by atoms with Crippen LogP contribution in [-0.4, -0.2) is 9.17 Å². The molecule has 3 nitrogen and oxygen atoms in total. The van der Waals surface area contributed by atoms with E-state index < -0.39 is 9.17 Å². The molecule has 0 radical (unpaired) electrons. The van der Waals surface area contributed by atoms with Crippen LogP contribution in [0.15, 0.2) is 0 Å². The maximum absolute atomic E-state index is 8.52. The Morgan fingerprint density at radius 2 is 1.12 bits per heavy atom. The first kappa shape index (κ1) is 30.0. The molecule has 0 saturated heterocycles. The fourth-order valence-electron chi connectivity index (χ4n) is 0. The standard InChI is InChI=1S/ClH.K.2Na.O3Si/c;;;;1-4(2)3/h1H;;;;/q;3*+1;-2/p-1. The van der Waals surface area contributed by atoms with Crippen LogP contribution < -0.4 is 132 Å². The van der Waals surface area contributed by atoms with Crippen molar-refractivity contribution in [3.8, 4) is 0 Å². The third-order valence-corrected chi connectivity index (χ3v) is 0. The van der Waals surface area contributed by atoms with Gasteiger partial charge >= 0.3 is 110 Å². The van der Waals surface area contributed by atoms with E-state index in [2.05, 4.69) is 0 Å². The molecule has 0 aliphatic rings. The van der Waals surface area contributed by atoms with Gasteiger partial charge in [-0.05, 0) is 0 Å². The van der Waals surface area contributed by atoms with E-state index in [1.807, 2.05) is 0 Å². The summed E-state index contributed by atoms with van der Waals surface area (Å²) >= 11 is 0. The molecule has 0 aliphatic heterocycles. The van der Waals surface area contributed by atoms with Gasteiger partial charge in [-0.2, -0.15) is 0 Å². The van der Waals surface area contributed by atoms with Gasteiger partial charge in [0.25, 0.3) is 0 Å². The largest absolute Gasteiger partial charge is 1.00 e. The summed E-state index contributed by atoms with van der Waals surface area (Å²) in [6, 6.07) is 0. The topological polar surface area (TPSA) is 63.2 Å². The van der Waals surface area contributed by atoms with Crippen LogP contribution in [0.3, 0.4) is 0 Å². The number of hydrogen-bond donors (Lipinski definition) is 0. The fourth-order valence-corrected chi connectivity index (χ4v) is 0. The average Bonchev–Trinajstić information content (AvgIpc) is 0.811. The van der Waals surface area contributed by atoms with Crippen molar-refractivity contribution in [1.82, 2.24) is 0 Å². The second-order valence-electron chi connectivity index (χ2n) is 0.250. The third kappa shape index (κ3) is 55.5. The molecular weight excluding hydrogens is 197 g/mol. The molecule has 0 aliphatic carbocycles. The minimum atomic E-state index is -3.63. The van der Waals surface area contributed by atoms with E-state index in [-0.39, 0.29) is 123 Å². The molecule has 0 aromatic carbocycles. The molecule has 0 saturated carbocycles. The fraction of sp³-hybridized carbons (Fsp3) is 0. The van der Waals surface area contributed by atoms with Gasteiger partial charge in [0, 0.05) is 9.17 Å². The predicted molar refractivity (Wildman–Crippen MR) is 6.44 cm³/mol. The van der Waals surface area contributed by atoms with Gasteiger partial charge < -0.3 is 26.5 Å². The van der Waals surface area contributed by atoms with Crippen molar-refractivity contribution in [3.63, 3.8) is 0 Å². The summed E-state index contributed by atoms with van der Waals surface area (Å²) in [6.45, 7) is 0. The Morgan fingerprint density at radius 1 is 1.12 bits per heavy atom. The number of halogens is 1. The summed E-state index contributed by atoms with van der Waals surface area (Å²) < 4.78 is 8.52. The van der Waals surface area contributed by atoms with Crippen molar-refractivity contribution >= 4 is 9.17 Å². The van der Waals surface area contributed by atoms with E-state index in [9.17, 15) is 0 Å². The molecule has 8 heteroatoms. The summed E-state index contributed by atoms with van der Waals surface area (Å²) in [5.41, 5.74) is 0. The van der Waals surface area contributed by atoms with E-state index in [0.717, 1.165) is 0 Å². The van der Waals surface area contributed by atoms with Gasteiger partial charge in [-0.15, -0.1) is 0 Å². The summed E-state index contributed by atoms with van der Waals surface area (Å²) in [4.78, 5) is 17.0. The SMILES string of the molecule is O=[Si]([O-])[O-].[Cl-].[K+].[Na+].[Na+]. The Hall–Kier alpha value is 3.54. The quantitative estimate of drug-likeness (QED) is 0.362. The normalized spacial score (nSPS) is 3.00. The van der Waals surface area contributed by atoms with Gasteiger partial charge in [-0.1, -0.05) is 0 Å². The number of hydrogen-bond acceptors (Lipinski definition) is 3. The molecule has 0 N–H and O–H groups in total. The van der Waals surface area contributed by atoms with E-state index in [1.54, 1.807) is 0 Å². The summed E-state index contributed by atoms with van der Waals surface area (Å²) in [5.74, 6) is 0. The molecule has 0 aromatic heterocycles. The molecule has 0 bridgehead atoms. The maximum atomic E-state index is 8.52. The monoisotopic (exact) mass is 196 g/mol. The van der Waals surface area contributed by atoms with E-state index in [0.29, 0.717) is 0 Å². The predicted octanol–water partition coefficient (Wildman–Crippen LogP) is -14.9. The molecular formula is ClKNa2O3Si. The van der Waals surface area contributed by atoms with Crippen LogP contribution in [-0.2, 0) is 4.46 Å². The summed E-state index contributed by atoms with van der Waals surface area (Å²) in [7, 11) is -3.63. The van der Waals surface area contributed by atoms with Crippen molar-refractivity contribution in [2.75, 3.05) is 0 Å². The molecule has 0 rings (SSSR count). The van der Waals surface area contributed by atoms with Crippen LogP contribution in [0.5, 0.6) is 0 Å². The van der Waals surface area contributed by atoms with Crippen LogP contribution in [0.1, 0.15) is 0 Å². The Morgan fingerprint density at radius 3 is 1.12 bits per heavy atom. The zero-order chi connectivity index (χ0) is 3.58. The molecule has 0 atom stereocenters. The van der Waals surface area contributed by atoms with Gasteiger partial charge in [-0.25, -0.2) is 0 Å². The van der Waals surface area contributed by atoms with Crippen LogP contribution in [0, 0.1) is 0 Å². The molecule has 0 aromatic rings. The average molecular weight is 197 g/mol. The molecule has 0 heterocycles. The van der Waals surface area contributed by atoms with Crippen LogP contribution in [0.4, 0.5) is 0 Å². The molecule has 32 valence electrons. The number of rotatable bonds is 0. The van der Waals surface area contributed by atoms with Gasteiger partial charge in [0.2, 0.25) is 0 Å².